The summed E-state index contributed by atoms with van der Waals surface area (Å²) >= 11 is 0. The molecule has 116 valence electrons. The van der Waals surface area contributed by atoms with E-state index in [0.717, 1.165) is 24.2 Å². The first kappa shape index (κ1) is 17.2. The molecule has 4 nitrogen and oxygen atoms in total. The van der Waals surface area contributed by atoms with Crippen LogP contribution in [-0.2, 0) is 20.7 Å². The van der Waals surface area contributed by atoms with E-state index in [9.17, 15) is 9.59 Å². The number of methoxy groups -OCH3 is 1. The van der Waals surface area contributed by atoms with Gasteiger partial charge >= 0.3 is 5.97 Å². The van der Waals surface area contributed by atoms with Crippen LogP contribution in [0.2, 0.25) is 0 Å². The van der Waals surface area contributed by atoms with E-state index in [2.05, 4.69) is 0 Å². The Hall–Kier alpha value is -1.84. The molecule has 0 heterocycles. The molecule has 1 atom stereocenters. The molecule has 0 amide bonds. The second-order valence-electron chi connectivity index (χ2n) is 5.39. The van der Waals surface area contributed by atoms with Gasteiger partial charge in [0.05, 0.1) is 13.2 Å². The second-order valence-corrected chi connectivity index (χ2v) is 5.39. The van der Waals surface area contributed by atoms with Crippen molar-refractivity contribution in [2.24, 2.45) is 5.92 Å². The van der Waals surface area contributed by atoms with Gasteiger partial charge in [-0.05, 0) is 57.7 Å². The first-order valence-corrected chi connectivity index (χ1v) is 7.28. The maximum atomic E-state index is 11.9. The molecular formula is C17H24O4. The smallest absolute Gasteiger partial charge is 0.316 e. The first-order valence-electron chi connectivity index (χ1n) is 7.28. The van der Waals surface area contributed by atoms with E-state index in [-0.39, 0.29) is 11.9 Å². The Balaban J connectivity index is 2.49. The van der Waals surface area contributed by atoms with Crippen LogP contribution >= 0.6 is 0 Å². The van der Waals surface area contributed by atoms with Crippen LogP contribution in [0.15, 0.2) is 24.3 Å². The van der Waals surface area contributed by atoms with E-state index < -0.39 is 11.9 Å². The van der Waals surface area contributed by atoms with Gasteiger partial charge in [0.25, 0.3) is 0 Å². The fraction of sp³-hybridized carbons (Fsp3) is 0.529. The molecule has 0 aliphatic carbocycles. The van der Waals surface area contributed by atoms with E-state index in [4.69, 9.17) is 9.47 Å². The van der Waals surface area contributed by atoms with Crippen molar-refractivity contribution in [2.45, 2.75) is 46.1 Å². The zero-order valence-electron chi connectivity index (χ0n) is 13.2. The summed E-state index contributed by atoms with van der Waals surface area (Å²) in [6.45, 7) is 5.01. The summed E-state index contributed by atoms with van der Waals surface area (Å²) in [6.07, 6.45) is 1.92. The number of benzene rings is 1. The highest BCUT2D eigenvalue weighted by Gasteiger charge is 2.25. The summed E-state index contributed by atoms with van der Waals surface area (Å²) in [5.41, 5.74) is 1.16. The zero-order valence-corrected chi connectivity index (χ0v) is 13.2. The number of ether oxygens (including phenoxy) is 2. The molecular weight excluding hydrogens is 268 g/mol. The molecule has 0 aliphatic heterocycles. The number of carbonyl (C=O) groups is 2. The van der Waals surface area contributed by atoms with Gasteiger partial charge in [-0.1, -0.05) is 12.1 Å². The number of ketones is 1. The molecule has 1 unspecified atom stereocenters. The van der Waals surface area contributed by atoms with Gasteiger partial charge in [-0.25, -0.2) is 0 Å². The van der Waals surface area contributed by atoms with Crippen molar-refractivity contribution in [3.8, 4) is 5.75 Å². The minimum atomic E-state index is -0.648. The van der Waals surface area contributed by atoms with Crippen molar-refractivity contribution in [1.82, 2.24) is 0 Å². The molecule has 0 saturated carbocycles. The average molecular weight is 292 g/mol. The number of hydrogen-bond donors (Lipinski definition) is 0. The van der Waals surface area contributed by atoms with Gasteiger partial charge in [-0.2, -0.15) is 0 Å². The van der Waals surface area contributed by atoms with E-state index in [1.165, 1.54) is 6.92 Å². The lowest BCUT2D eigenvalue weighted by Crippen LogP contribution is -2.26. The second kappa shape index (κ2) is 8.45. The number of esters is 1. The van der Waals surface area contributed by atoms with Crippen LogP contribution in [0.1, 0.15) is 39.2 Å². The van der Waals surface area contributed by atoms with Crippen molar-refractivity contribution in [3.63, 3.8) is 0 Å². The van der Waals surface area contributed by atoms with Crippen LogP contribution in [0.3, 0.4) is 0 Å². The molecule has 4 heteroatoms. The molecule has 0 aromatic heterocycles. The van der Waals surface area contributed by atoms with Crippen molar-refractivity contribution >= 4 is 11.8 Å². The van der Waals surface area contributed by atoms with Crippen molar-refractivity contribution < 1.29 is 19.1 Å². The Bertz CT molecular complexity index is 462. The fourth-order valence-corrected chi connectivity index (χ4v) is 2.10. The Morgan fingerprint density at radius 2 is 1.76 bits per heavy atom. The minimum absolute atomic E-state index is 0.129. The SMILES string of the molecule is COc1ccc(CCCC(C(C)=O)C(=O)OC(C)C)cc1. The van der Waals surface area contributed by atoms with Gasteiger partial charge in [-0.3, -0.25) is 9.59 Å². The third-order valence-electron chi connectivity index (χ3n) is 3.24. The Morgan fingerprint density at radius 3 is 2.24 bits per heavy atom. The van der Waals surface area contributed by atoms with Crippen molar-refractivity contribution in [3.05, 3.63) is 29.8 Å². The third-order valence-corrected chi connectivity index (χ3v) is 3.24. The molecule has 0 N–H and O–H groups in total. The van der Waals surface area contributed by atoms with Crippen LogP contribution in [0, 0.1) is 5.92 Å². The third kappa shape index (κ3) is 5.98. The lowest BCUT2D eigenvalue weighted by molar-refractivity contribution is -0.155. The van der Waals surface area contributed by atoms with Crippen LogP contribution in [-0.4, -0.2) is 25.0 Å². The zero-order chi connectivity index (χ0) is 15.8. The van der Waals surface area contributed by atoms with Crippen molar-refractivity contribution in [2.75, 3.05) is 7.11 Å². The maximum absolute atomic E-state index is 11.9. The van der Waals surface area contributed by atoms with Crippen LogP contribution < -0.4 is 4.74 Å². The summed E-state index contributed by atoms with van der Waals surface area (Å²) < 4.78 is 10.2. The highest BCUT2D eigenvalue weighted by molar-refractivity contribution is 5.97. The number of aryl methyl sites for hydroxylation is 1. The molecule has 21 heavy (non-hydrogen) atoms. The Labute approximate surface area is 126 Å². The molecule has 1 aromatic rings. The lowest BCUT2D eigenvalue weighted by atomic mass is 9.96. The van der Waals surface area contributed by atoms with Crippen molar-refractivity contribution in [1.29, 1.82) is 0 Å². The largest absolute Gasteiger partial charge is 0.497 e. The van der Waals surface area contributed by atoms with Gasteiger partial charge in [-0.15, -0.1) is 0 Å². The monoisotopic (exact) mass is 292 g/mol. The lowest BCUT2D eigenvalue weighted by Gasteiger charge is -2.15. The molecule has 0 saturated heterocycles. The Kier molecular flexibility index (Phi) is 6.92. The van der Waals surface area contributed by atoms with Gasteiger partial charge in [0.1, 0.15) is 17.5 Å². The fourth-order valence-electron chi connectivity index (χ4n) is 2.10. The van der Waals surface area contributed by atoms with E-state index in [1.807, 2.05) is 24.3 Å². The number of carbonyl (C=O) groups excluding carboxylic acids is 2. The van der Waals surface area contributed by atoms with Gasteiger partial charge < -0.3 is 9.47 Å². The predicted octanol–water partition coefficient (Wildman–Crippen LogP) is 3.17. The topological polar surface area (TPSA) is 52.6 Å². The van der Waals surface area contributed by atoms with E-state index in [0.29, 0.717) is 6.42 Å². The normalized spacial score (nSPS) is 12.0. The quantitative estimate of drug-likeness (QED) is 0.545. The van der Waals surface area contributed by atoms with Gasteiger partial charge in [0.15, 0.2) is 0 Å². The van der Waals surface area contributed by atoms with Gasteiger partial charge in [0.2, 0.25) is 0 Å². The molecule has 1 rings (SSSR count). The Morgan fingerprint density at radius 1 is 1.14 bits per heavy atom. The first-order chi connectivity index (χ1) is 9.93. The van der Waals surface area contributed by atoms with E-state index in [1.54, 1.807) is 21.0 Å². The standard InChI is InChI=1S/C17H24O4/c1-12(2)21-17(19)16(13(3)18)7-5-6-14-8-10-15(20-4)11-9-14/h8-12,16H,5-7H2,1-4H3. The van der Waals surface area contributed by atoms with Crippen LogP contribution in [0.4, 0.5) is 0 Å². The summed E-state index contributed by atoms with van der Waals surface area (Å²) in [6, 6.07) is 7.80. The summed E-state index contributed by atoms with van der Waals surface area (Å²) in [5, 5.41) is 0. The summed E-state index contributed by atoms with van der Waals surface area (Å²) in [7, 11) is 1.63. The number of hydrogen-bond acceptors (Lipinski definition) is 4. The number of rotatable bonds is 8. The van der Waals surface area contributed by atoms with Gasteiger partial charge in [0, 0.05) is 0 Å². The summed E-state index contributed by atoms with van der Waals surface area (Å²) in [4.78, 5) is 23.4. The average Bonchev–Trinajstić information content (AvgIpc) is 2.42. The molecule has 0 aliphatic rings. The number of Topliss-reactive ketones (excluding diaryl/α,β-unsaturated/α-hetero) is 1. The highest BCUT2D eigenvalue weighted by Crippen LogP contribution is 2.17. The molecule has 0 radical (unpaired) electrons. The highest BCUT2D eigenvalue weighted by atomic mass is 16.5. The summed E-state index contributed by atoms with van der Waals surface area (Å²) in [5.74, 6) is -0.367. The predicted molar refractivity (Wildman–Crippen MR) is 81.3 cm³/mol. The molecule has 0 spiro atoms. The molecule has 1 aromatic carbocycles. The molecule has 0 bridgehead atoms. The maximum Gasteiger partial charge on any atom is 0.316 e. The van der Waals surface area contributed by atoms with Crippen LogP contribution in [0.25, 0.3) is 0 Å². The van der Waals surface area contributed by atoms with Crippen LogP contribution in [0.5, 0.6) is 5.75 Å². The van der Waals surface area contributed by atoms with E-state index >= 15 is 0 Å². The minimum Gasteiger partial charge on any atom is -0.497 e. The molecule has 0 fully saturated rings.